The fraction of sp³-hybridized carbons (Fsp3) is 0.263. The number of hydrogen-bond acceptors (Lipinski definition) is 6. The number of non-ortho nitro benzene ring substituents is 1. The summed E-state index contributed by atoms with van der Waals surface area (Å²) in [5.74, 6) is 0. The van der Waals surface area contributed by atoms with Crippen LogP contribution in [-0.4, -0.2) is 28.2 Å². The van der Waals surface area contributed by atoms with E-state index in [1.807, 2.05) is 25.1 Å². The minimum absolute atomic E-state index is 0.0446. The molecule has 0 fully saturated rings. The third-order valence-corrected chi connectivity index (χ3v) is 5.33. The van der Waals surface area contributed by atoms with Crippen LogP contribution in [-0.2, 0) is 11.3 Å². The molecule has 8 heteroatoms. The number of thioether (sulfide) groups is 1. The Morgan fingerprint density at radius 2 is 2.04 bits per heavy atom. The highest BCUT2D eigenvalue weighted by Crippen LogP contribution is 2.35. The van der Waals surface area contributed by atoms with E-state index < -0.39 is 4.92 Å². The quantitative estimate of drug-likeness (QED) is 0.266. The van der Waals surface area contributed by atoms with Crippen LogP contribution >= 0.6 is 11.8 Å². The normalized spacial score (nSPS) is 12.2. The number of nitrogens with zero attached hydrogens (tertiary/aromatic N) is 3. The Morgan fingerprint density at radius 1 is 1.26 bits per heavy atom. The number of benzene rings is 2. The Kier molecular flexibility index (Phi) is 5.88. The largest absolute Gasteiger partial charge is 0.383 e. The summed E-state index contributed by atoms with van der Waals surface area (Å²) < 4.78 is 6.73. The van der Waals surface area contributed by atoms with Crippen molar-refractivity contribution in [2.45, 2.75) is 23.9 Å². The van der Waals surface area contributed by atoms with Crippen LogP contribution < -0.4 is 5.56 Å². The zero-order chi connectivity index (χ0) is 19.4. The Hall–Kier alpha value is -2.71. The molecule has 3 rings (SSSR count). The maximum atomic E-state index is 12.9. The average molecular weight is 385 g/mol. The molecule has 2 aromatic carbocycles. The molecule has 0 aliphatic rings. The zero-order valence-electron chi connectivity index (χ0n) is 15.0. The number of para-hydroxylation sites is 1. The summed E-state index contributed by atoms with van der Waals surface area (Å²) in [4.78, 5) is 28.1. The Labute approximate surface area is 160 Å². The zero-order valence-corrected chi connectivity index (χ0v) is 15.8. The Morgan fingerprint density at radius 3 is 2.78 bits per heavy atom. The van der Waals surface area contributed by atoms with E-state index in [0.717, 1.165) is 5.56 Å². The van der Waals surface area contributed by atoms with Gasteiger partial charge in [-0.1, -0.05) is 36.0 Å². The number of fused-ring (bicyclic) bond motifs is 1. The van der Waals surface area contributed by atoms with E-state index in [1.165, 1.54) is 17.8 Å². The van der Waals surface area contributed by atoms with Gasteiger partial charge in [0.05, 0.1) is 29.0 Å². The lowest BCUT2D eigenvalue weighted by Gasteiger charge is -2.16. The molecule has 0 radical (unpaired) electrons. The standard InChI is InChI=1S/C19H19N3O4S/c1-13(14-6-5-7-15(12-14)22(24)25)27-19-20-17-9-4-3-8-16(17)18(23)21(19)10-11-26-2/h3-9,12-13H,10-11H2,1-2H3/t13-/m0/s1. The molecule has 0 aliphatic carbocycles. The van der Waals surface area contributed by atoms with Crippen LogP contribution in [0, 0.1) is 10.1 Å². The van der Waals surface area contributed by atoms with Crippen molar-refractivity contribution in [1.29, 1.82) is 0 Å². The second-order valence-electron chi connectivity index (χ2n) is 5.97. The summed E-state index contributed by atoms with van der Waals surface area (Å²) in [7, 11) is 1.58. The highest BCUT2D eigenvalue weighted by Gasteiger charge is 2.17. The third kappa shape index (κ3) is 4.17. The Bertz CT molecular complexity index is 1030. The molecule has 0 bridgehead atoms. The minimum atomic E-state index is -0.413. The predicted octanol–water partition coefficient (Wildman–Crippen LogP) is 3.80. The lowest BCUT2D eigenvalue weighted by atomic mass is 10.1. The van der Waals surface area contributed by atoms with Crippen molar-refractivity contribution in [1.82, 2.24) is 9.55 Å². The molecule has 0 saturated heterocycles. The summed E-state index contributed by atoms with van der Waals surface area (Å²) in [6, 6.07) is 13.7. The first-order valence-corrected chi connectivity index (χ1v) is 9.28. The summed E-state index contributed by atoms with van der Waals surface area (Å²) in [6.07, 6.45) is 0. The molecule has 1 heterocycles. The van der Waals surface area contributed by atoms with Gasteiger partial charge in [-0.15, -0.1) is 0 Å². The second kappa shape index (κ2) is 8.32. The van der Waals surface area contributed by atoms with Crippen molar-refractivity contribution in [3.05, 3.63) is 74.6 Å². The van der Waals surface area contributed by atoms with Gasteiger partial charge in [-0.2, -0.15) is 0 Å². The number of aromatic nitrogens is 2. The smallest absolute Gasteiger partial charge is 0.269 e. The summed E-state index contributed by atoms with van der Waals surface area (Å²) in [5.41, 5.74) is 1.36. The number of nitro groups is 1. The summed E-state index contributed by atoms with van der Waals surface area (Å²) in [5, 5.41) is 12.0. The molecule has 1 atom stereocenters. The van der Waals surface area contributed by atoms with E-state index in [0.29, 0.717) is 29.2 Å². The molecule has 0 saturated carbocycles. The van der Waals surface area contributed by atoms with E-state index in [9.17, 15) is 14.9 Å². The number of methoxy groups -OCH3 is 1. The molecule has 0 spiro atoms. The van der Waals surface area contributed by atoms with E-state index in [1.54, 1.807) is 35.9 Å². The van der Waals surface area contributed by atoms with Crippen LogP contribution in [0.4, 0.5) is 5.69 Å². The summed E-state index contributed by atoms with van der Waals surface area (Å²) >= 11 is 1.40. The number of nitro benzene ring substituents is 1. The van der Waals surface area contributed by atoms with Crippen LogP contribution in [0.1, 0.15) is 17.7 Å². The highest BCUT2D eigenvalue weighted by atomic mass is 32.2. The van der Waals surface area contributed by atoms with Crippen LogP contribution in [0.5, 0.6) is 0 Å². The predicted molar refractivity (Wildman–Crippen MR) is 105 cm³/mol. The molecule has 3 aromatic rings. The molecular weight excluding hydrogens is 366 g/mol. The van der Waals surface area contributed by atoms with E-state index in [2.05, 4.69) is 4.98 Å². The van der Waals surface area contributed by atoms with Gasteiger partial charge in [0, 0.05) is 24.5 Å². The van der Waals surface area contributed by atoms with Crippen molar-refractivity contribution in [2.24, 2.45) is 0 Å². The first-order chi connectivity index (χ1) is 13.0. The Balaban J connectivity index is 2.01. The maximum absolute atomic E-state index is 12.9. The average Bonchev–Trinajstić information content (AvgIpc) is 2.68. The van der Waals surface area contributed by atoms with Gasteiger partial charge in [-0.05, 0) is 24.6 Å². The number of ether oxygens (including phenoxy) is 1. The topological polar surface area (TPSA) is 87.3 Å². The molecule has 0 amide bonds. The third-order valence-electron chi connectivity index (χ3n) is 4.18. The van der Waals surface area contributed by atoms with Gasteiger partial charge in [0.1, 0.15) is 0 Å². The van der Waals surface area contributed by atoms with Gasteiger partial charge < -0.3 is 4.74 Å². The van der Waals surface area contributed by atoms with Crippen LogP contribution in [0.25, 0.3) is 10.9 Å². The van der Waals surface area contributed by atoms with E-state index >= 15 is 0 Å². The first kappa shape index (κ1) is 19.1. The molecule has 7 nitrogen and oxygen atoms in total. The fourth-order valence-electron chi connectivity index (χ4n) is 2.73. The van der Waals surface area contributed by atoms with Gasteiger partial charge in [-0.25, -0.2) is 4.98 Å². The minimum Gasteiger partial charge on any atom is -0.383 e. The van der Waals surface area contributed by atoms with Crippen molar-refractivity contribution in [3.8, 4) is 0 Å². The van der Waals surface area contributed by atoms with Crippen LogP contribution in [0.2, 0.25) is 0 Å². The maximum Gasteiger partial charge on any atom is 0.269 e. The fourth-order valence-corrected chi connectivity index (χ4v) is 3.79. The molecule has 0 aliphatic heterocycles. The number of rotatable bonds is 7. The van der Waals surface area contributed by atoms with Gasteiger partial charge in [0.2, 0.25) is 0 Å². The molecular formula is C19H19N3O4S. The monoisotopic (exact) mass is 385 g/mol. The summed E-state index contributed by atoms with van der Waals surface area (Å²) in [6.45, 7) is 2.71. The van der Waals surface area contributed by atoms with Gasteiger partial charge in [0.25, 0.3) is 11.2 Å². The van der Waals surface area contributed by atoms with Crippen molar-refractivity contribution in [2.75, 3.05) is 13.7 Å². The highest BCUT2D eigenvalue weighted by molar-refractivity contribution is 7.99. The molecule has 0 unspecified atom stereocenters. The molecule has 1 aromatic heterocycles. The lowest BCUT2D eigenvalue weighted by molar-refractivity contribution is -0.384. The van der Waals surface area contributed by atoms with Crippen LogP contribution in [0.3, 0.4) is 0 Å². The molecule has 140 valence electrons. The number of hydrogen-bond donors (Lipinski definition) is 0. The van der Waals surface area contributed by atoms with Gasteiger partial charge in [0.15, 0.2) is 5.16 Å². The molecule has 0 N–H and O–H groups in total. The lowest BCUT2D eigenvalue weighted by Crippen LogP contribution is -2.25. The van der Waals surface area contributed by atoms with Gasteiger partial charge >= 0.3 is 0 Å². The van der Waals surface area contributed by atoms with E-state index in [-0.39, 0.29) is 16.5 Å². The van der Waals surface area contributed by atoms with Crippen molar-refractivity contribution in [3.63, 3.8) is 0 Å². The van der Waals surface area contributed by atoms with Crippen molar-refractivity contribution >= 4 is 28.4 Å². The van der Waals surface area contributed by atoms with Crippen LogP contribution in [0.15, 0.2) is 58.5 Å². The van der Waals surface area contributed by atoms with Gasteiger partial charge in [-0.3, -0.25) is 19.5 Å². The first-order valence-electron chi connectivity index (χ1n) is 8.41. The van der Waals surface area contributed by atoms with E-state index in [4.69, 9.17) is 4.74 Å². The second-order valence-corrected chi connectivity index (χ2v) is 7.28. The van der Waals surface area contributed by atoms with Crippen molar-refractivity contribution < 1.29 is 9.66 Å². The molecule has 27 heavy (non-hydrogen) atoms. The SMILES string of the molecule is COCCn1c(S[C@@H](C)c2cccc([N+](=O)[O-])c2)nc2ccccc2c1=O.